The molecule has 0 radical (unpaired) electrons. The monoisotopic (exact) mass is 338 g/mol. The number of benzene rings is 2. The van der Waals surface area contributed by atoms with E-state index >= 15 is 0 Å². The van der Waals surface area contributed by atoms with Crippen molar-refractivity contribution in [3.63, 3.8) is 0 Å². The number of nitrogens with one attached hydrogen (secondary N) is 1. The minimum absolute atomic E-state index is 0.152. The van der Waals surface area contributed by atoms with Crippen molar-refractivity contribution in [3.05, 3.63) is 59.2 Å². The second-order valence-electron chi connectivity index (χ2n) is 6.88. The van der Waals surface area contributed by atoms with Crippen molar-refractivity contribution >= 4 is 17.3 Å². The lowest BCUT2D eigenvalue weighted by molar-refractivity contribution is 0.102. The van der Waals surface area contributed by atoms with E-state index in [1.165, 1.54) is 0 Å². The SMILES string of the molecule is Cc1ccc(NC(=O)c2ccc3c(c2)[C@@H](O)CCCCCN3C)cc1. The zero-order chi connectivity index (χ0) is 17.8. The smallest absolute Gasteiger partial charge is 0.255 e. The molecule has 1 aliphatic rings. The fraction of sp³-hybridized carbons (Fsp3) is 0.381. The lowest BCUT2D eigenvalue weighted by atomic mass is 9.99. The van der Waals surface area contributed by atoms with Gasteiger partial charge in [-0.2, -0.15) is 0 Å². The Hall–Kier alpha value is -2.33. The normalized spacial score (nSPS) is 17.9. The second-order valence-corrected chi connectivity index (χ2v) is 6.88. The van der Waals surface area contributed by atoms with E-state index < -0.39 is 6.10 Å². The van der Waals surface area contributed by atoms with Crippen LogP contribution in [0.4, 0.5) is 11.4 Å². The summed E-state index contributed by atoms with van der Waals surface area (Å²) in [5.41, 5.74) is 4.37. The minimum Gasteiger partial charge on any atom is -0.388 e. The number of anilines is 2. The van der Waals surface area contributed by atoms with Gasteiger partial charge in [-0.05, 0) is 50.1 Å². The first-order chi connectivity index (χ1) is 12.0. The lowest BCUT2D eigenvalue weighted by Gasteiger charge is -2.24. The molecule has 2 N–H and O–H groups in total. The van der Waals surface area contributed by atoms with Crippen LogP contribution in [0.2, 0.25) is 0 Å². The maximum atomic E-state index is 12.6. The van der Waals surface area contributed by atoms with E-state index in [-0.39, 0.29) is 5.91 Å². The first-order valence-corrected chi connectivity index (χ1v) is 8.96. The van der Waals surface area contributed by atoms with Crippen LogP contribution in [0.1, 0.15) is 53.3 Å². The molecule has 0 saturated carbocycles. The van der Waals surface area contributed by atoms with Crippen LogP contribution < -0.4 is 10.2 Å². The first-order valence-electron chi connectivity index (χ1n) is 8.96. The summed E-state index contributed by atoms with van der Waals surface area (Å²) in [7, 11) is 2.04. The molecular formula is C21H26N2O2. The van der Waals surface area contributed by atoms with Gasteiger partial charge in [-0.25, -0.2) is 0 Å². The third kappa shape index (κ3) is 4.20. The Balaban J connectivity index is 1.86. The Bertz CT molecular complexity index is 740. The predicted octanol–water partition coefficient (Wildman–Crippen LogP) is 4.29. The molecule has 3 rings (SSSR count). The van der Waals surface area contributed by atoms with E-state index in [0.29, 0.717) is 5.56 Å². The summed E-state index contributed by atoms with van der Waals surface area (Å²) in [6.07, 6.45) is 3.47. The number of nitrogens with zero attached hydrogens (tertiary/aromatic N) is 1. The molecule has 0 fully saturated rings. The van der Waals surface area contributed by atoms with Crippen molar-refractivity contribution in [3.8, 4) is 0 Å². The van der Waals surface area contributed by atoms with Gasteiger partial charge in [-0.3, -0.25) is 4.79 Å². The molecule has 132 valence electrons. The Morgan fingerprint density at radius 1 is 1.12 bits per heavy atom. The van der Waals surface area contributed by atoms with Gasteiger partial charge in [-0.1, -0.05) is 30.5 Å². The molecule has 25 heavy (non-hydrogen) atoms. The minimum atomic E-state index is -0.525. The molecule has 0 unspecified atom stereocenters. The highest BCUT2D eigenvalue weighted by Crippen LogP contribution is 2.32. The molecule has 4 heteroatoms. The number of fused-ring (bicyclic) bond motifs is 1. The molecule has 1 atom stereocenters. The third-order valence-electron chi connectivity index (χ3n) is 4.84. The number of hydrogen-bond donors (Lipinski definition) is 2. The highest BCUT2D eigenvalue weighted by molar-refractivity contribution is 6.04. The van der Waals surface area contributed by atoms with Gasteiger partial charge in [0.2, 0.25) is 0 Å². The third-order valence-corrected chi connectivity index (χ3v) is 4.84. The van der Waals surface area contributed by atoms with E-state index in [1.54, 1.807) is 0 Å². The Morgan fingerprint density at radius 2 is 1.88 bits per heavy atom. The molecule has 0 saturated heterocycles. The van der Waals surface area contributed by atoms with Crippen LogP contribution in [-0.2, 0) is 0 Å². The van der Waals surface area contributed by atoms with Gasteiger partial charge in [0, 0.05) is 36.1 Å². The number of rotatable bonds is 2. The van der Waals surface area contributed by atoms with Gasteiger partial charge in [0.25, 0.3) is 5.91 Å². The summed E-state index contributed by atoms with van der Waals surface area (Å²) in [6.45, 7) is 2.98. The fourth-order valence-corrected chi connectivity index (χ4v) is 3.29. The Kier molecular flexibility index (Phi) is 5.39. The van der Waals surface area contributed by atoms with Crippen LogP contribution in [0.3, 0.4) is 0 Å². The van der Waals surface area contributed by atoms with Crippen LogP contribution in [0.15, 0.2) is 42.5 Å². The zero-order valence-corrected chi connectivity index (χ0v) is 15.0. The van der Waals surface area contributed by atoms with E-state index in [2.05, 4.69) is 10.2 Å². The molecule has 0 bridgehead atoms. The van der Waals surface area contributed by atoms with Gasteiger partial charge in [0.05, 0.1) is 6.10 Å². The summed E-state index contributed by atoms with van der Waals surface area (Å²) >= 11 is 0. The number of carbonyl (C=O) groups excluding carboxylic acids is 1. The van der Waals surface area contributed by atoms with Crippen LogP contribution in [-0.4, -0.2) is 24.6 Å². The molecule has 2 aromatic rings. The lowest BCUT2D eigenvalue weighted by Crippen LogP contribution is -2.21. The summed E-state index contributed by atoms with van der Waals surface area (Å²) in [6, 6.07) is 13.4. The molecule has 0 aliphatic carbocycles. The van der Waals surface area contributed by atoms with Crippen LogP contribution in [0.5, 0.6) is 0 Å². The Labute approximate surface area is 149 Å². The van der Waals surface area contributed by atoms with Gasteiger partial charge in [0.15, 0.2) is 0 Å². The highest BCUT2D eigenvalue weighted by atomic mass is 16.3. The van der Waals surface area contributed by atoms with Crippen LogP contribution >= 0.6 is 0 Å². The maximum Gasteiger partial charge on any atom is 0.255 e. The van der Waals surface area contributed by atoms with Crippen molar-refractivity contribution < 1.29 is 9.90 Å². The standard InChI is InChI=1S/C21H26N2O2/c1-15-7-10-17(11-8-15)22-21(25)16-9-12-19-18(14-16)20(24)6-4-3-5-13-23(19)2/h7-12,14,20,24H,3-6,13H2,1-2H3,(H,22,25)/t20-/m0/s1. The van der Waals surface area contributed by atoms with Gasteiger partial charge in [-0.15, -0.1) is 0 Å². The fourth-order valence-electron chi connectivity index (χ4n) is 3.29. The van der Waals surface area contributed by atoms with Crippen molar-refractivity contribution in [1.29, 1.82) is 0 Å². The number of aliphatic hydroxyl groups is 1. The molecule has 1 aliphatic heterocycles. The summed E-state index contributed by atoms with van der Waals surface area (Å²) in [4.78, 5) is 14.8. The summed E-state index contributed by atoms with van der Waals surface area (Å²) < 4.78 is 0. The highest BCUT2D eigenvalue weighted by Gasteiger charge is 2.19. The average molecular weight is 338 g/mol. The number of amides is 1. The average Bonchev–Trinajstić information content (AvgIpc) is 2.68. The Morgan fingerprint density at radius 3 is 2.64 bits per heavy atom. The van der Waals surface area contributed by atoms with Gasteiger partial charge in [0.1, 0.15) is 0 Å². The van der Waals surface area contributed by atoms with Crippen molar-refractivity contribution in [1.82, 2.24) is 0 Å². The summed E-state index contributed by atoms with van der Waals surface area (Å²) in [5.74, 6) is -0.152. The number of aryl methyl sites for hydroxylation is 1. The molecule has 1 heterocycles. The van der Waals surface area contributed by atoms with Gasteiger partial charge < -0.3 is 15.3 Å². The van der Waals surface area contributed by atoms with E-state index in [9.17, 15) is 9.90 Å². The number of aliphatic hydroxyl groups excluding tert-OH is 1. The zero-order valence-electron chi connectivity index (χ0n) is 15.0. The van der Waals surface area contributed by atoms with Gasteiger partial charge >= 0.3 is 0 Å². The molecular weight excluding hydrogens is 312 g/mol. The predicted molar refractivity (Wildman–Crippen MR) is 102 cm³/mol. The topological polar surface area (TPSA) is 52.6 Å². The van der Waals surface area contributed by atoms with Crippen LogP contribution in [0.25, 0.3) is 0 Å². The number of hydrogen-bond acceptors (Lipinski definition) is 3. The van der Waals surface area contributed by atoms with E-state index in [0.717, 1.165) is 54.7 Å². The molecule has 2 aromatic carbocycles. The van der Waals surface area contributed by atoms with Crippen LogP contribution in [0, 0.1) is 6.92 Å². The van der Waals surface area contributed by atoms with E-state index in [1.807, 2.05) is 56.4 Å². The van der Waals surface area contributed by atoms with E-state index in [4.69, 9.17) is 0 Å². The quantitative estimate of drug-likeness (QED) is 0.859. The maximum absolute atomic E-state index is 12.6. The molecule has 4 nitrogen and oxygen atoms in total. The van der Waals surface area contributed by atoms with Crippen molar-refractivity contribution in [2.45, 2.75) is 38.7 Å². The van der Waals surface area contributed by atoms with Crippen molar-refractivity contribution in [2.75, 3.05) is 23.8 Å². The van der Waals surface area contributed by atoms with Crippen molar-refractivity contribution in [2.24, 2.45) is 0 Å². The molecule has 0 aromatic heterocycles. The molecule has 1 amide bonds. The largest absolute Gasteiger partial charge is 0.388 e. The second kappa shape index (κ2) is 7.70. The number of carbonyl (C=O) groups is 1. The summed E-state index contributed by atoms with van der Waals surface area (Å²) in [5, 5.41) is 13.5. The molecule has 0 spiro atoms. The first kappa shape index (κ1) is 17.5.